The molecule has 0 radical (unpaired) electrons. The number of nitrogens with one attached hydrogen (secondary N) is 1. The fourth-order valence-corrected chi connectivity index (χ4v) is 5.42. The molecule has 0 unspecified atom stereocenters. The summed E-state index contributed by atoms with van der Waals surface area (Å²) in [7, 11) is 0. The molecular weight excluding hydrogens is 470 g/mol. The first-order chi connectivity index (χ1) is 18.7. The van der Waals surface area contributed by atoms with Crippen molar-refractivity contribution >= 4 is 16.8 Å². The van der Waals surface area contributed by atoms with Crippen LogP contribution in [0.3, 0.4) is 0 Å². The molecule has 1 aliphatic heterocycles. The Bertz CT molecular complexity index is 1350. The first-order valence-electron chi connectivity index (χ1n) is 13.8. The van der Waals surface area contributed by atoms with Gasteiger partial charge in [0.15, 0.2) is 0 Å². The van der Waals surface area contributed by atoms with Gasteiger partial charge >= 0.3 is 0 Å². The number of carbonyl (C=O) groups excluding carboxylic acids is 1. The van der Waals surface area contributed by atoms with Gasteiger partial charge < -0.3 is 15.0 Å². The third-order valence-electron chi connectivity index (χ3n) is 7.63. The molecule has 1 N–H and O–H groups in total. The third-order valence-corrected chi connectivity index (χ3v) is 7.63. The van der Waals surface area contributed by atoms with Crippen molar-refractivity contribution < 1.29 is 9.53 Å². The van der Waals surface area contributed by atoms with Crippen LogP contribution in [0.4, 0.5) is 0 Å². The summed E-state index contributed by atoms with van der Waals surface area (Å²) in [5.41, 5.74) is 5.23. The molecule has 1 aromatic heterocycles. The molecule has 1 atom stereocenters. The van der Waals surface area contributed by atoms with Crippen molar-refractivity contribution in [2.75, 3.05) is 19.6 Å². The maximum absolute atomic E-state index is 14.1. The van der Waals surface area contributed by atoms with Crippen LogP contribution in [0.2, 0.25) is 0 Å². The lowest BCUT2D eigenvalue weighted by molar-refractivity contribution is -0.00156. The number of rotatable bonds is 9. The van der Waals surface area contributed by atoms with Gasteiger partial charge in [0.25, 0.3) is 5.91 Å². The molecule has 0 aliphatic carbocycles. The van der Waals surface area contributed by atoms with Gasteiger partial charge in [-0.15, -0.1) is 0 Å². The van der Waals surface area contributed by atoms with Crippen molar-refractivity contribution in [3.8, 4) is 11.3 Å². The van der Waals surface area contributed by atoms with E-state index in [1.165, 1.54) is 0 Å². The number of aromatic nitrogens is 1. The van der Waals surface area contributed by atoms with E-state index in [1.54, 1.807) is 0 Å². The number of pyridine rings is 1. The molecule has 3 aromatic carbocycles. The number of piperidine rings is 1. The molecule has 196 valence electrons. The van der Waals surface area contributed by atoms with E-state index in [0.29, 0.717) is 12.2 Å². The standard InChI is InChI=1S/C33H37N3O2/c1-3-29(24-13-7-5-8-14-24)35-33(37)31-27-17-11-12-18-30(27)34-32(25-15-9-6-10-16-25)28(31)23-38-26-19-21-36(4-2)22-20-26/h5-18,26,29H,3-4,19-23H2,1-2H3,(H,35,37)/t29-/m0/s1. The summed E-state index contributed by atoms with van der Waals surface area (Å²) in [5, 5.41) is 4.19. The van der Waals surface area contributed by atoms with Crippen LogP contribution in [0.1, 0.15) is 60.6 Å². The first kappa shape index (κ1) is 26.1. The number of carbonyl (C=O) groups is 1. The average Bonchev–Trinajstić information content (AvgIpc) is 2.99. The van der Waals surface area contributed by atoms with Crippen LogP contribution in [-0.2, 0) is 11.3 Å². The van der Waals surface area contributed by atoms with Crippen LogP contribution in [0.25, 0.3) is 22.2 Å². The van der Waals surface area contributed by atoms with Crippen LogP contribution in [-0.4, -0.2) is 41.5 Å². The molecule has 1 saturated heterocycles. The van der Waals surface area contributed by atoms with Gasteiger partial charge in [0.05, 0.1) is 35.5 Å². The highest BCUT2D eigenvalue weighted by Gasteiger charge is 2.26. The van der Waals surface area contributed by atoms with Gasteiger partial charge in [-0.25, -0.2) is 4.98 Å². The third kappa shape index (κ3) is 5.79. The predicted molar refractivity (Wildman–Crippen MR) is 154 cm³/mol. The zero-order valence-corrected chi connectivity index (χ0v) is 22.4. The lowest BCUT2D eigenvalue weighted by Gasteiger charge is -2.31. The second kappa shape index (κ2) is 12.3. The fraction of sp³-hybridized carbons (Fsp3) is 0.333. The summed E-state index contributed by atoms with van der Waals surface area (Å²) in [5.74, 6) is -0.0871. The minimum absolute atomic E-state index is 0.0806. The Balaban J connectivity index is 1.56. The van der Waals surface area contributed by atoms with E-state index in [2.05, 4.69) is 48.3 Å². The number of para-hydroxylation sites is 1. The molecule has 0 bridgehead atoms. The summed E-state index contributed by atoms with van der Waals surface area (Å²) in [4.78, 5) is 21.7. The highest BCUT2D eigenvalue weighted by Crippen LogP contribution is 2.32. The Morgan fingerprint density at radius 1 is 0.947 bits per heavy atom. The fourth-order valence-electron chi connectivity index (χ4n) is 5.42. The van der Waals surface area contributed by atoms with E-state index in [-0.39, 0.29) is 18.1 Å². The number of hydrogen-bond donors (Lipinski definition) is 1. The van der Waals surface area contributed by atoms with Gasteiger partial charge in [0.1, 0.15) is 0 Å². The van der Waals surface area contributed by atoms with Crippen LogP contribution in [0, 0.1) is 0 Å². The number of fused-ring (bicyclic) bond motifs is 1. The summed E-state index contributed by atoms with van der Waals surface area (Å²) in [6.45, 7) is 7.83. The van der Waals surface area contributed by atoms with Gasteiger partial charge in [-0.1, -0.05) is 92.7 Å². The Labute approximate surface area is 225 Å². The zero-order valence-electron chi connectivity index (χ0n) is 22.4. The summed E-state index contributed by atoms with van der Waals surface area (Å²) in [6.07, 6.45) is 2.98. The highest BCUT2D eigenvalue weighted by molar-refractivity contribution is 6.09. The maximum atomic E-state index is 14.1. The Morgan fingerprint density at radius 3 is 2.29 bits per heavy atom. The number of nitrogens with zero attached hydrogens (tertiary/aromatic N) is 2. The Morgan fingerprint density at radius 2 is 1.61 bits per heavy atom. The molecule has 0 saturated carbocycles. The molecule has 1 amide bonds. The van der Waals surface area contributed by atoms with Crippen molar-refractivity contribution in [3.05, 3.63) is 102 Å². The summed E-state index contributed by atoms with van der Waals surface area (Å²) < 4.78 is 6.53. The SMILES string of the molecule is CC[C@H](NC(=O)c1c(COC2CCN(CC)CC2)c(-c2ccccc2)nc2ccccc12)c1ccccc1. The smallest absolute Gasteiger partial charge is 0.252 e. The second-order valence-corrected chi connectivity index (χ2v) is 9.99. The van der Waals surface area contributed by atoms with Crippen molar-refractivity contribution in [3.63, 3.8) is 0 Å². The van der Waals surface area contributed by atoms with E-state index >= 15 is 0 Å². The molecule has 5 rings (SSSR count). The average molecular weight is 508 g/mol. The van der Waals surface area contributed by atoms with E-state index in [1.807, 2.05) is 60.7 Å². The van der Waals surface area contributed by atoms with Gasteiger partial charge in [-0.05, 0) is 37.4 Å². The molecule has 0 spiro atoms. The van der Waals surface area contributed by atoms with Gasteiger partial charge in [0, 0.05) is 29.6 Å². The summed E-state index contributed by atoms with van der Waals surface area (Å²) >= 11 is 0. The largest absolute Gasteiger partial charge is 0.373 e. The van der Waals surface area contributed by atoms with Crippen LogP contribution < -0.4 is 5.32 Å². The van der Waals surface area contributed by atoms with E-state index in [9.17, 15) is 4.79 Å². The first-order valence-corrected chi connectivity index (χ1v) is 13.8. The van der Waals surface area contributed by atoms with Crippen molar-refractivity contribution in [1.82, 2.24) is 15.2 Å². The topological polar surface area (TPSA) is 54.5 Å². The quantitative estimate of drug-likeness (QED) is 0.271. The van der Waals surface area contributed by atoms with Crippen LogP contribution >= 0.6 is 0 Å². The minimum atomic E-state index is -0.0871. The van der Waals surface area contributed by atoms with E-state index in [4.69, 9.17) is 9.72 Å². The van der Waals surface area contributed by atoms with Gasteiger partial charge in [0.2, 0.25) is 0 Å². The van der Waals surface area contributed by atoms with E-state index in [0.717, 1.165) is 72.2 Å². The second-order valence-electron chi connectivity index (χ2n) is 9.99. The highest BCUT2D eigenvalue weighted by atomic mass is 16.5. The van der Waals surface area contributed by atoms with E-state index < -0.39 is 0 Å². The van der Waals surface area contributed by atoms with Crippen LogP contribution in [0.5, 0.6) is 0 Å². The number of hydrogen-bond acceptors (Lipinski definition) is 4. The van der Waals surface area contributed by atoms with Crippen molar-refractivity contribution in [2.45, 2.75) is 51.9 Å². The Hall–Kier alpha value is -3.54. The number of amides is 1. The molecule has 1 fully saturated rings. The molecular formula is C33H37N3O2. The molecule has 38 heavy (non-hydrogen) atoms. The number of ether oxygens (including phenoxy) is 1. The van der Waals surface area contributed by atoms with Crippen molar-refractivity contribution in [1.29, 1.82) is 0 Å². The monoisotopic (exact) mass is 507 g/mol. The van der Waals surface area contributed by atoms with Crippen molar-refractivity contribution in [2.24, 2.45) is 0 Å². The molecule has 1 aliphatic rings. The lowest BCUT2D eigenvalue weighted by Crippen LogP contribution is -2.36. The minimum Gasteiger partial charge on any atom is -0.373 e. The predicted octanol–water partition coefficient (Wildman–Crippen LogP) is 6.78. The van der Waals surface area contributed by atoms with Gasteiger partial charge in [-0.3, -0.25) is 4.79 Å². The molecule has 5 nitrogen and oxygen atoms in total. The number of likely N-dealkylation sites (tertiary alicyclic amines) is 1. The zero-order chi connectivity index (χ0) is 26.3. The lowest BCUT2D eigenvalue weighted by atomic mass is 9.95. The Kier molecular flexibility index (Phi) is 8.47. The summed E-state index contributed by atoms with van der Waals surface area (Å²) in [6, 6.07) is 28.2. The maximum Gasteiger partial charge on any atom is 0.252 e. The normalized spacial score (nSPS) is 15.4. The van der Waals surface area contributed by atoms with Crippen LogP contribution in [0.15, 0.2) is 84.9 Å². The molecule has 4 aromatic rings. The van der Waals surface area contributed by atoms with Gasteiger partial charge in [-0.2, -0.15) is 0 Å². The molecule has 2 heterocycles. The number of benzene rings is 3. The molecule has 5 heteroatoms.